The van der Waals surface area contributed by atoms with Gasteiger partial charge in [-0.2, -0.15) is 0 Å². The van der Waals surface area contributed by atoms with Crippen molar-refractivity contribution in [2.24, 2.45) is 0 Å². The second kappa shape index (κ2) is 13.4. The molecule has 1 aromatic heterocycles. The van der Waals surface area contributed by atoms with Crippen molar-refractivity contribution in [3.8, 4) is 5.75 Å². The number of piperidine rings is 1. The molecule has 0 aliphatic carbocycles. The number of methoxy groups -OCH3 is 1. The lowest BCUT2D eigenvalue weighted by molar-refractivity contribution is 0.0950. The van der Waals surface area contributed by atoms with Crippen LogP contribution in [0.4, 0.5) is 5.82 Å². The number of ether oxygens (including phenoxy) is 1. The third-order valence-corrected chi connectivity index (χ3v) is 8.66. The summed E-state index contributed by atoms with van der Waals surface area (Å²) < 4.78 is 5.27. The number of carbonyl (C=O) groups excluding carboxylic acids is 1. The molecule has 1 amide bonds. The zero-order valence-electron chi connectivity index (χ0n) is 22.6. The molecule has 10 heteroatoms. The predicted molar refractivity (Wildman–Crippen MR) is 162 cm³/mol. The van der Waals surface area contributed by atoms with Gasteiger partial charge in [-0.25, -0.2) is 4.98 Å². The van der Waals surface area contributed by atoms with E-state index in [-0.39, 0.29) is 12.5 Å². The number of hydrogen-bond donors (Lipinski definition) is 1. The fraction of sp³-hybridized carbons (Fsp3) is 0.400. The number of nitrogens with zero attached hydrogens (tertiary/aromatic N) is 4. The fourth-order valence-corrected chi connectivity index (χ4v) is 6.22. The second-order valence-electron chi connectivity index (χ2n) is 10.3. The van der Waals surface area contributed by atoms with Gasteiger partial charge in [0.25, 0.3) is 5.91 Å². The first kappa shape index (κ1) is 29.0. The Hall–Kier alpha value is -2.55. The molecule has 5 rings (SSSR count). The summed E-state index contributed by atoms with van der Waals surface area (Å²) in [5.74, 6) is 1.37. The fourth-order valence-electron chi connectivity index (χ4n) is 5.46. The van der Waals surface area contributed by atoms with E-state index >= 15 is 0 Å². The van der Waals surface area contributed by atoms with E-state index < -0.39 is 0 Å². The van der Waals surface area contributed by atoms with Crippen LogP contribution in [-0.2, 0) is 13.1 Å². The van der Waals surface area contributed by atoms with Gasteiger partial charge in [-0.3, -0.25) is 14.6 Å². The van der Waals surface area contributed by atoms with Gasteiger partial charge in [0.05, 0.1) is 17.7 Å². The van der Waals surface area contributed by atoms with Gasteiger partial charge < -0.3 is 15.0 Å². The number of pyridine rings is 1. The first-order valence-corrected chi connectivity index (χ1v) is 14.7. The summed E-state index contributed by atoms with van der Waals surface area (Å²) in [4.78, 5) is 24.6. The van der Waals surface area contributed by atoms with Gasteiger partial charge in [-0.1, -0.05) is 53.0 Å². The molecule has 2 aliphatic rings. The number of amides is 1. The molecular formula is C30H34Cl3N5O2. The molecule has 2 aromatic carbocycles. The summed E-state index contributed by atoms with van der Waals surface area (Å²) in [5, 5.41) is 4.42. The van der Waals surface area contributed by atoms with Gasteiger partial charge in [0, 0.05) is 61.6 Å². The number of halogens is 3. The zero-order chi connectivity index (χ0) is 28.1. The van der Waals surface area contributed by atoms with E-state index in [0.29, 0.717) is 26.7 Å². The number of aromatic nitrogens is 1. The first-order chi connectivity index (χ1) is 19.4. The molecule has 0 radical (unpaired) electrons. The van der Waals surface area contributed by atoms with E-state index in [1.165, 1.54) is 18.4 Å². The van der Waals surface area contributed by atoms with Crippen molar-refractivity contribution >= 4 is 46.5 Å². The molecule has 3 aromatic rings. The predicted octanol–water partition coefficient (Wildman–Crippen LogP) is 5.77. The van der Waals surface area contributed by atoms with Crippen molar-refractivity contribution in [3.05, 3.63) is 86.5 Å². The van der Waals surface area contributed by atoms with Crippen molar-refractivity contribution in [2.45, 2.75) is 32.0 Å². The summed E-state index contributed by atoms with van der Waals surface area (Å²) in [6, 6.07) is 15.9. The van der Waals surface area contributed by atoms with Gasteiger partial charge in [0.1, 0.15) is 11.6 Å². The number of hydrogen-bond acceptors (Lipinski definition) is 6. The Morgan fingerprint density at radius 2 is 1.68 bits per heavy atom. The van der Waals surface area contributed by atoms with E-state index in [1.54, 1.807) is 37.6 Å². The second-order valence-corrected chi connectivity index (χ2v) is 11.6. The highest BCUT2D eigenvalue weighted by Gasteiger charge is 2.28. The Balaban J connectivity index is 1.08. The van der Waals surface area contributed by atoms with Crippen LogP contribution in [0.25, 0.3) is 0 Å². The number of anilines is 1. The molecule has 0 bridgehead atoms. The standard InChI is InChI=1S/C30H34Cl3N5O2/c1-40-26-6-2-21(3-7-26)20-36-10-8-25(9-11-36)37-12-14-38(15-13-37)29-28(33)16-23(19-34-29)30(39)35-18-22-4-5-24(31)17-27(22)32/h2-7,16-17,19,25H,8-15,18,20H2,1H3,(H,35,39). The van der Waals surface area contributed by atoms with Crippen molar-refractivity contribution in [1.82, 2.24) is 20.1 Å². The Kier molecular flexibility index (Phi) is 9.71. The van der Waals surface area contributed by atoms with E-state index in [9.17, 15) is 4.79 Å². The van der Waals surface area contributed by atoms with E-state index in [1.807, 2.05) is 12.1 Å². The molecule has 2 aliphatic heterocycles. The zero-order valence-corrected chi connectivity index (χ0v) is 24.9. The van der Waals surface area contributed by atoms with Crippen LogP contribution in [0.15, 0.2) is 54.7 Å². The number of nitrogens with one attached hydrogen (secondary N) is 1. The number of likely N-dealkylation sites (tertiary alicyclic amines) is 1. The highest BCUT2D eigenvalue weighted by Crippen LogP contribution is 2.27. The van der Waals surface area contributed by atoms with Crippen LogP contribution in [-0.4, -0.2) is 73.1 Å². The van der Waals surface area contributed by atoms with Crippen LogP contribution in [0.3, 0.4) is 0 Å². The van der Waals surface area contributed by atoms with Gasteiger partial charge in [0.2, 0.25) is 0 Å². The average Bonchev–Trinajstić information content (AvgIpc) is 2.97. The number of piperazine rings is 1. The Morgan fingerprint density at radius 3 is 2.33 bits per heavy atom. The molecule has 2 fully saturated rings. The Bertz CT molecular complexity index is 1310. The maximum atomic E-state index is 12.7. The van der Waals surface area contributed by atoms with Crippen LogP contribution >= 0.6 is 34.8 Å². The van der Waals surface area contributed by atoms with Crippen LogP contribution in [0.5, 0.6) is 5.75 Å². The average molecular weight is 603 g/mol. The minimum atomic E-state index is -0.255. The molecule has 7 nitrogen and oxygen atoms in total. The number of rotatable bonds is 8. The largest absolute Gasteiger partial charge is 0.497 e. The first-order valence-electron chi connectivity index (χ1n) is 13.6. The lowest BCUT2D eigenvalue weighted by Crippen LogP contribution is -2.53. The Morgan fingerprint density at radius 1 is 0.950 bits per heavy atom. The third kappa shape index (κ3) is 7.20. The molecule has 212 valence electrons. The quantitative estimate of drug-likeness (QED) is 0.354. The highest BCUT2D eigenvalue weighted by molar-refractivity contribution is 6.35. The maximum absolute atomic E-state index is 12.7. The summed E-state index contributed by atoms with van der Waals surface area (Å²) >= 11 is 18.8. The van der Waals surface area contributed by atoms with Gasteiger partial charge >= 0.3 is 0 Å². The maximum Gasteiger partial charge on any atom is 0.253 e. The van der Waals surface area contributed by atoms with E-state index in [4.69, 9.17) is 39.5 Å². The summed E-state index contributed by atoms with van der Waals surface area (Å²) in [5.41, 5.74) is 2.53. The minimum absolute atomic E-state index is 0.255. The lowest BCUT2D eigenvalue weighted by atomic mass is 10.0. The molecule has 2 saturated heterocycles. The van der Waals surface area contributed by atoms with Crippen LogP contribution < -0.4 is 15.0 Å². The van der Waals surface area contributed by atoms with Gasteiger partial charge in [0.15, 0.2) is 0 Å². The van der Waals surface area contributed by atoms with E-state index in [2.05, 4.69) is 37.1 Å². The van der Waals surface area contributed by atoms with Crippen LogP contribution in [0, 0.1) is 0 Å². The van der Waals surface area contributed by atoms with Crippen LogP contribution in [0.1, 0.15) is 34.3 Å². The normalized spacial score (nSPS) is 17.1. The topological polar surface area (TPSA) is 60.9 Å². The Labute approximate surface area is 251 Å². The van der Waals surface area contributed by atoms with Crippen molar-refractivity contribution in [3.63, 3.8) is 0 Å². The minimum Gasteiger partial charge on any atom is -0.497 e. The van der Waals surface area contributed by atoms with Gasteiger partial charge in [-0.05, 0) is 67.4 Å². The summed E-state index contributed by atoms with van der Waals surface area (Å²) in [7, 11) is 1.70. The molecule has 3 heterocycles. The molecule has 40 heavy (non-hydrogen) atoms. The third-order valence-electron chi connectivity index (χ3n) is 7.79. The SMILES string of the molecule is COc1ccc(CN2CCC(N3CCN(c4ncc(C(=O)NCc5ccc(Cl)cc5Cl)cc4Cl)CC3)CC2)cc1. The molecule has 0 unspecified atom stereocenters. The molecule has 0 atom stereocenters. The smallest absolute Gasteiger partial charge is 0.253 e. The molecular weight excluding hydrogens is 569 g/mol. The van der Waals surface area contributed by atoms with Gasteiger partial charge in [-0.15, -0.1) is 0 Å². The number of carbonyl (C=O) groups is 1. The van der Waals surface area contributed by atoms with Crippen molar-refractivity contribution in [2.75, 3.05) is 51.3 Å². The monoisotopic (exact) mass is 601 g/mol. The highest BCUT2D eigenvalue weighted by atomic mass is 35.5. The van der Waals surface area contributed by atoms with Crippen molar-refractivity contribution in [1.29, 1.82) is 0 Å². The summed E-state index contributed by atoms with van der Waals surface area (Å²) in [6.45, 7) is 7.17. The van der Waals surface area contributed by atoms with Crippen molar-refractivity contribution < 1.29 is 9.53 Å². The molecule has 1 N–H and O–H groups in total. The molecule has 0 spiro atoms. The number of benzene rings is 2. The summed E-state index contributed by atoms with van der Waals surface area (Å²) in [6.07, 6.45) is 3.95. The molecule has 0 saturated carbocycles. The van der Waals surface area contributed by atoms with Crippen LogP contribution in [0.2, 0.25) is 15.1 Å². The lowest BCUT2D eigenvalue weighted by Gasteiger charge is -2.43. The van der Waals surface area contributed by atoms with E-state index in [0.717, 1.165) is 62.9 Å².